The molecule has 0 amide bonds. The van der Waals surface area contributed by atoms with E-state index in [9.17, 15) is 4.79 Å². The molecular formula is C13H23N3O2. The van der Waals surface area contributed by atoms with Crippen LogP contribution in [0.4, 0.5) is 5.82 Å². The minimum absolute atomic E-state index is 0.234. The van der Waals surface area contributed by atoms with Crippen LogP contribution in [0.1, 0.15) is 62.4 Å². The quantitative estimate of drug-likeness (QED) is 0.791. The van der Waals surface area contributed by atoms with Gasteiger partial charge >= 0.3 is 5.97 Å². The average Bonchev–Trinajstić information content (AvgIpc) is 2.62. The Bertz CT molecular complexity index is 413. The van der Waals surface area contributed by atoms with E-state index in [-0.39, 0.29) is 11.7 Å². The van der Waals surface area contributed by atoms with E-state index in [1.807, 2.05) is 11.5 Å². The van der Waals surface area contributed by atoms with Crippen LogP contribution in [0.15, 0.2) is 0 Å². The molecule has 0 aromatic carbocycles. The van der Waals surface area contributed by atoms with E-state index in [0.717, 1.165) is 25.1 Å². The minimum atomic E-state index is -0.445. The zero-order chi connectivity index (χ0) is 13.7. The molecule has 1 aromatic heterocycles. The number of carbonyl (C=O) groups is 1. The van der Waals surface area contributed by atoms with Crippen LogP contribution in [0.5, 0.6) is 0 Å². The summed E-state index contributed by atoms with van der Waals surface area (Å²) in [4.78, 5) is 15.9. The van der Waals surface area contributed by atoms with Crippen LogP contribution in [0, 0.1) is 6.92 Å². The van der Waals surface area contributed by atoms with Crippen molar-refractivity contribution in [2.24, 2.45) is 0 Å². The molecule has 1 unspecified atom stereocenters. The maximum atomic E-state index is 11.7. The number of ether oxygens (including phenoxy) is 1. The second-order valence-corrected chi connectivity index (χ2v) is 4.47. The Labute approximate surface area is 108 Å². The van der Waals surface area contributed by atoms with Gasteiger partial charge < -0.3 is 15.0 Å². The van der Waals surface area contributed by atoms with Gasteiger partial charge in [-0.15, -0.1) is 0 Å². The standard InChI is InChI=1S/C13H23N3O2/c1-5-7-8-9(3)16-10(4)15-11(12(16)14)13(17)18-6-2/h9H,5-8,14H2,1-4H3. The number of hydrogen-bond donors (Lipinski definition) is 1. The highest BCUT2D eigenvalue weighted by Crippen LogP contribution is 2.24. The van der Waals surface area contributed by atoms with E-state index in [2.05, 4.69) is 18.8 Å². The molecule has 1 heterocycles. The number of carbonyl (C=O) groups excluding carboxylic acids is 1. The number of nitrogen functional groups attached to an aromatic ring is 1. The fourth-order valence-electron chi connectivity index (χ4n) is 2.10. The number of aryl methyl sites for hydroxylation is 1. The third-order valence-electron chi connectivity index (χ3n) is 3.01. The number of esters is 1. The van der Waals surface area contributed by atoms with Crippen LogP contribution >= 0.6 is 0 Å². The van der Waals surface area contributed by atoms with Gasteiger partial charge in [-0.25, -0.2) is 9.78 Å². The van der Waals surface area contributed by atoms with Crippen molar-refractivity contribution in [3.63, 3.8) is 0 Å². The Morgan fingerprint density at radius 2 is 2.17 bits per heavy atom. The van der Waals surface area contributed by atoms with Crippen LogP contribution in [-0.4, -0.2) is 22.1 Å². The monoisotopic (exact) mass is 253 g/mol. The molecule has 0 aliphatic carbocycles. The lowest BCUT2D eigenvalue weighted by molar-refractivity contribution is 0.0521. The topological polar surface area (TPSA) is 70.1 Å². The highest BCUT2D eigenvalue weighted by atomic mass is 16.5. The Morgan fingerprint density at radius 1 is 1.50 bits per heavy atom. The summed E-state index contributed by atoms with van der Waals surface area (Å²) in [5, 5.41) is 0. The molecule has 1 atom stereocenters. The van der Waals surface area contributed by atoms with Crippen LogP contribution in [0.25, 0.3) is 0 Å². The van der Waals surface area contributed by atoms with Gasteiger partial charge in [-0.3, -0.25) is 0 Å². The van der Waals surface area contributed by atoms with Crippen molar-refractivity contribution in [1.82, 2.24) is 9.55 Å². The maximum Gasteiger partial charge on any atom is 0.360 e. The van der Waals surface area contributed by atoms with Gasteiger partial charge in [-0.1, -0.05) is 19.8 Å². The first-order chi connectivity index (χ1) is 8.52. The van der Waals surface area contributed by atoms with Gasteiger partial charge in [0.05, 0.1) is 6.61 Å². The zero-order valence-electron chi connectivity index (χ0n) is 11.7. The highest BCUT2D eigenvalue weighted by molar-refractivity contribution is 5.92. The molecule has 1 rings (SSSR count). The Balaban J connectivity index is 2.96. The molecule has 0 fully saturated rings. The number of unbranched alkanes of at least 4 members (excludes halogenated alkanes) is 1. The summed E-state index contributed by atoms with van der Waals surface area (Å²) in [6.45, 7) is 8.20. The largest absolute Gasteiger partial charge is 0.461 e. The number of imidazole rings is 1. The van der Waals surface area contributed by atoms with Gasteiger partial charge in [0.15, 0.2) is 5.69 Å². The van der Waals surface area contributed by atoms with Crippen LogP contribution < -0.4 is 5.73 Å². The predicted octanol–water partition coefficient (Wildman–Crippen LogP) is 2.70. The van der Waals surface area contributed by atoms with Gasteiger partial charge in [0.2, 0.25) is 0 Å². The summed E-state index contributed by atoms with van der Waals surface area (Å²) in [5.41, 5.74) is 6.24. The first-order valence-corrected chi connectivity index (χ1v) is 6.54. The van der Waals surface area contributed by atoms with Crippen molar-refractivity contribution in [3.8, 4) is 0 Å². The van der Waals surface area contributed by atoms with Gasteiger partial charge in [0, 0.05) is 6.04 Å². The third-order valence-corrected chi connectivity index (χ3v) is 3.01. The molecule has 0 aliphatic rings. The summed E-state index contributed by atoms with van der Waals surface area (Å²) < 4.78 is 6.86. The number of aromatic nitrogens is 2. The van der Waals surface area contributed by atoms with Gasteiger partial charge in [-0.2, -0.15) is 0 Å². The summed E-state index contributed by atoms with van der Waals surface area (Å²) in [6, 6.07) is 0.251. The molecule has 0 saturated carbocycles. The summed E-state index contributed by atoms with van der Waals surface area (Å²) >= 11 is 0. The lowest BCUT2D eigenvalue weighted by Gasteiger charge is -2.16. The Kier molecular flexibility index (Phi) is 5.19. The maximum absolute atomic E-state index is 11.7. The normalized spacial score (nSPS) is 12.4. The van der Waals surface area contributed by atoms with E-state index >= 15 is 0 Å². The lowest BCUT2D eigenvalue weighted by atomic mass is 10.1. The van der Waals surface area contributed by atoms with Crippen molar-refractivity contribution >= 4 is 11.8 Å². The van der Waals surface area contributed by atoms with Crippen molar-refractivity contribution in [2.45, 2.75) is 53.0 Å². The SMILES string of the molecule is CCCCC(C)n1c(C)nc(C(=O)OCC)c1N. The van der Waals surface area contributed by atoms with Crippen molar-refractivity contribution in [1.29, 1.82) is 0 Å². The lowest BCUT2D eigenvalue weighted by Crippen LogP contribution is -2.13. The van der Waals surface area contributed by atoms with Crippen LogP contribution in [-0.2, 0) is 4.74 Å². The fraction of sp³-hybridized carbons (Fsp3) is 0.692. The van der Waals surface area contributed by atoms with Gasteiger partial charge in [-0.05, 0) is 27.2 Å². The third kappa shape index (κ3) is 3.03. The number of nitrogens with two attached hydrogens (primary N) is 1. The second kappa shape index (κ2) is 6.42. The molecule has 2 N–H and O–H groups in total. The summed E-state index contributed by atoms with van der Waals surface area (Å²) in [7, 11) is 0. The van der Waals surface area contributed by atoms with Crippen molar-refractivity contribution < 1.29 is 9.53 Å². The summed E-state index contributed by atoms with van der Waals surface area (Å²) in [6.07, 6.45) is 3.30. The van der Waals surface area contributed by atoms with E-state index in [1.54, 1.807) is 6.92 Å². The molecule has 18 heavy (non-hydrogen) atoms. The van der Waals surface area contributed by atoms with Crippen molar-refractivity contribution in [3.05, 3.63) is 11.5 Å². The molecule has 1 aromatic rings. The Hall–Kier alpha value is -1.52. The average molecular weight is 253 g/mol. The molecule has 0 saturated heterocycles. The van der Waals surface area contributed by atoms with Crippen LogP contribution in [0.3, 0.4) is 0 Å². The Morgan fingerprint density at radius 3 is 2.72 bits per heavy atom. The van der Waals surface area contributed by atoms with E-state index in [0.29, 0.717) is 12.4 Å². The molecule has 0 radical (unpaired) electrons. The second-order valence-electron chi connectivity index (χ2n) is 4.47. The zero-order valence-corrected chi connectivity index (χ0v) is 11.7. The van der Waals surface area contributed by atoms with Gasteiger partial charge in [0.25, 0.3) is 0 Å². The van der Waals surface area contributed by atoms with Gasteiger partial charge in [0.1, 0.15) is 11.6 Å². The number of nitrogens with zero attached hydrogens (tertiary/aromatic N) is 2. The molecule has 0 spiro atoms. The fourth-order valence-corrected chi connectivity index (χ4v) is 2.10. The van der Waals surface area contributed by atoms with E-state index in [4.69, 9.17) is 10.5 Å². The molecular weight excluding hydrogens is 230 g/mol. The smallest absolute Gasteiger partial charge is 0.360 e. The van der Waals surface area contributed by atoms with Crippen molar-refractivity contribution in [2.75, 3.05) is 12.3 Å². The number of rotatable bonds is 6. The van der Waals surface area contributed by atoms with E-state index in [1.165, 1.54) is 0 Å². The molecule has 0 aliphatic heterocycles. The first-order valence-electron chi connectivity index (χ1n) is 6.54. The highest BCUT2D eigenvalue weighted by Gasteiger charge is 2.21. The predicted molar refractivity (Wildman–Crippen MR) is 71.6 cm³/mol. The molecule has 102 valence electrons. The molecule has 0 bridgehead atoms. The number of hydrogen-bond acceptors (Lipinski definition) is 4. The molecule has 5 nitrogen and oxygen atoms in total. The first kappa shape index (κ1) is 14.5. The molecule has 5 heteroatoms. The number of anilines is 1. The minimum Gasteiger partial charge on any atom is -0.461 e. The van der Waals surface area contributed by atoms with Crippen LogP contribution in [0.2, 0.25) is 0 Å². The van der Waals surface area contributed by atoms with E-state index < -0.39 is 5.97 Å². The summed E-state index contributed by atoms with van der Waals surface area (Å²) in [5.74, 6) is 0.730.